The number of halogens is 1. The Morgan fingerprint density at radius 1 is 1.02 bits per heavy atom. The largest absolute Gasteiger partial charge is 0.481 e. The molecule has 266 valence electrons. The summed E-state index contributed by atoms with van der Waals surface area (Å²) in [6.45, 7) is 8.96. The molecule has 3 heterocycles. The van der Waals surface area contributed by atoms with Crippen LogP contribution in [0, 0.1) is 6.92 Å². The summed E-state index contributed by atoms with van der Waals surface area (Å²) in [5.74, 6) is 0.724. The number of fused-ring (bicyclic) bond motifs is 1. The van der Waals surface area contributed by atoms with Crippen molar-refractivity contribution in [2.45, 2.75) is 103 Å². The average molecular weight is 707 g/mol. The minimum atomic E-state index is -2.97. The molecule has 4 rings (SSSR count). The lowest BCUT2D eigenvalue weighted by Gasteiger charge is -2.29. The van der Waals surface area contributed by atoms with Gasteiger partial charge in [0.25, 0.3) is 5.91 Å². The molecule has 0 bridgehead atoms. The van der Waals surface area contributed by atoms with Crippen LogP contribution in [0.5, 0.6) is 5.75 Å². The van der Waals surface area contributed by atoms with Crippen LogP contribution < -0.4 is 15.0 Å². The highest BCUT2D eigenvalue weighted by Gasteiger charge is 2.30. The number of esters is 1. The number of aromatic amines is 1. The van der Waals surface area contributed by atoms with Crippen molar-refractivity contribution in [3.63, 3.8) is 0 Å². The number of benzene rings is 1. The van der Waals surface area contributed by atoms with Crippen LogP contribution in [0.4, 0.5) is 5.69 Å². The second-order valence-corrected chi connectivity index (χ2v) is 16.0. The molecule has 48 heavy (non-hydrogen) atoms. The van der Waals surface area contributed by atoms with Gasteiger partial charge in [-0.05, 0) is 57.9 Å². The fraction of sp³-hybridized carbons (Fsp3) is 0.647. The summed E-state index contributed by atoms with van der Waals surface area (Å²) in [6, 6.07) is 7.42. The van der Waals surface area contributed by atoms with Crippen molar-refractivity contribution in [1.82, 2.24) is 25.1 Å². The quantitative estimate of drug-likeness (QED) is 0.121. The third kappa shape index (κ3) is 10.6. The van der Waals surface area contributed by atoms with Gasteiger partial charge in [-0.1, -0.05) is 63.5 Å². The number of amides is 1. The summed E-state index contributed by atoms with van der Waals surface area (Å²) in [4.78, 5) is 28.0. The van der Waals surface area contributed by atoms with Gasteiger partial charge in [0.15, 0.2) is 27.4 Å². The topological polar surface area (TPSA) is 148 Å². The number of carbonyl (C=O) groups excluding carboxylic acids is 2. The molecule has 0 radical (unpaired) electrons. The van der Waals surface area contributed by atoms with Crippen molar-refractivity contribution in [3.05, 3.63) is 40.8 Å². The number of hydrogen-bond acceptors (Lipinski definition) is 9. The van der Waals surface area contributed by atoms with Gasteiger partial charge in [-0.25, -0.2) is 12.9 Å². The maximum atomic E-state index is 13.3. The number of anilines is 1. The zero-order valence-corrected chi connectivity index (χ0v) is 30.3. The molecular formula is C34H51ClN6O6S. The second-order valence-electron chi connectivity index (χ2n) is 13.3. The summed E-state index contributed by atoms with van der Waals surface area (Å²) >= 11 is 6.29. The first kappa shape index (κ1) is 37.5. The number of carbonyl (C=O) groups is 2. The molecule has 2 aromatic heterocycles. The third-order valence-corrected chi connectivity index (χ3v) is 10.8. The summed E-state index contributed by atoms with van der Waals surface area (Å²) in [5.41, 5.74) is 1.56. The average Bonchev–Trinajstić information content (AvgIpc) is 3.60. The number of aromatic nitrogens is 4. The zero-order chi connectivity index (χ0) is 34.7. The number of nitrogens with one attached hydrogen (secondary N) is 2. The van der Waals surface area contributed by atoms with E-state index < -0.39 is 27.3 Å². The Morgan fingerprint density at radius 2 is 1.67 bits per heavy atom. The van der Waals surface area contributed by atoms with Crippen molar-refractivity contribution in [2.75, 3.05) is 42.6 Å². The van der Waals surface area contributed by atoms with Crippen LogP contribution in [0.15, 0.2) is 24.3 Å². The van der Waals surface area contributed by atoms with Crippen molar-refractivity contribution in [2.24, 2.45) is 0 Å². The van der Waals surface area contributed by atoms with Gasteiger partial charge in [0.2, 0.25) is 0 Å². The number of ether oxygens (including phenoxy) is 2. The van der Waals surface area contributed by atoms with Crippen LogP contribution in [0.1, 0.15) is 96.5 Å². The predicted octanol–water partition coefficient (Wildman–Crippen LogP) is 5.56. The van der Waals surface area contributed by atoms with Gasteiger partial charge >= 0.3 is 5.97 Å². The van der Waals surface area contributed by atoms with E-state index in [1.165, 1.54) is 32.1 Å². The van der Waals surface area contributed by atoms with Gasteiger partial charge in [-0.3, -0.25) is 14.7 Å². The Morgan fingerprint density at radius 3 is 2.33 bits per heavy atom. The number of nitrogens with zero attached hydrogens (tertiary/aromatic N) is 4. The van der Waals surface area contributed by atoms with Crippen molar-refractivity contribution < 1.29 is 27.5 Å². The van der Waals surface area contributed by atoms with E-state index in [9.17, 15) is 18.0 Å². The van der Waals surface area contributed by atoms with Crippen molar-refractivity contribution in [3.8, 4) is 5.75 Å². The molecule has 1 unspecified atom stereocenters. The summed E-state index contributed by atoms with van der Waals surface area (Å²) < 4.78 is 37.1. The lowest BCUT2D eigenvalue weighted by Crippen LogP contribution is -2.40. The van der Waals surface area contributed by atoms with Gasteiger partial charge in [-0.2, -0.15) is 0 Å². The smallest absolute Gasteiger partial charge is 0.307 e. The fourth-order valence-electron chi connectivity index (χ4n) is 5.73. The van der Waals surface area contributed by atoms with Crippen LogP contribution in [-0.4, -0.2) is 84.0 Å². The first-order valence-corrected chi connectivity index (χ1v) is 19.4. The van der Waals surface area contributed by atoms with Gasteiger partial charge in [0.1, 0.15) is 17.4 Å². The molecule has 1 atom stereocenters. The van der Waals surface area contributed by atoms with E-state index in [0.29, 0.717) is 41.8 Å². The Kier molecular flexibility index (Phi) is 13.6. The maximum absolute atomic E-state index is 13.3. The molecule has 14 heteroatoms. The first-order chi connectivity index (χ1) is 22.9. The van der Waals surface area contributed by atoms with Gasteiger partial charge in [-0.15, -0.1) is 10.2 Å². The van der Waals surface area contributed by atoms with E-state index in [0.717, 1.165) is 30.6 Å². The molecule has 2 N–H and O–H groups in total. The van der Waals surface area contributed by atoms with Gasteiger partial charge < -0.3 is 19.7 Å². The Hall–Kier alpha value is -3.32. The summed E-state index contributed by atoms with van der Waals surface area (Å²) in [6.07, 6.45) is 9.03. The number of H-pyrrole nitrogens is 1. The summed E-state index contributed by atoms with van der Waals surface area (Å²) in [7, 11) is -2.97. The lowest BCUT2D eigenvalue weighted by molar-refractivity contribution is -0.145. The van der Waals surface area contributed by atoms with E-state index in [1.807, 2.05) is 49.9 Å². The first-order valence-electron chi connectivity index (χ1n) is 17.2. The highest BCUT2D eigenvalue weighted by Crippen LogP contribution is 2.27. The molecule has 0 spiro atoms. The number of rotatable bonds is 19. The maximum Gasteiger partial charge on any atom is 0.307 e. The standard InChI is InChI=1S/C34H51ClN6O6S/c1-5-6-7-8-9-10-11-12-13-28(47-27-16-14-26(15-17-27)40-20-22-48(44,45)23-21-40)32(43)36-19-18-29(42)46-24-34(3,4)33-38-37-31-30(35)25(2)39-41(31)33/h14-17,28,39H,5-13,18-24H2,1-4H3,(H,36,43). The number of aryl methyl sites for hydroxylation is 1. The molecule has 1 aliphatic rings. The van der Waals surface area contributed by atoms with Gasteiger partial charge in [0.05, 0.1) is 29.0 Å². The lowest BCUT2D eigenvalue weighted by atomic mass is 9.94. The Balaban J connectivity index is 1.27. The van der Waals surface area contributed by atoms with Crippen molar-refractivity contribution >= 4 is 44.6 Å². The second kappa shape index (κ2) is 17.4. The minimum Gasteiger partial charge on any atom is -0.481 e. The molecule has 0 saturated carbocycles. The number of sulfone groups is 1. The molecule has 0 aliphatic carbocycles. The minimum absolute atomic E-state index is 0.00916. The van der Waals surface area contributed by atoms with Crippen LogP contribution in [0.2, 0.25) is 5.02 Å². The third-order valence-electron chi connectivity index (χ3n) is 8.73. The number of hydrogen-bond donors (Lipinski definition) is 2. The van der Waals surface area contributed by atoms with Gasteiger partial charge in [0, 0.05) is 25.3 Å². The molecular weight excluding hydrogens is 656 g/mol. The predicted molar refractivity (Wildman–Crippen MR) is 188 cm³/mol. The summed E-state index contributed by atoms with van der Waals surface area (Å²) in [5, 5.41) is 14.9. The van der Waals surface area contributed by atoms with Crippen LogP contribution in [0.3, 0.4) is 0 Å². The van der Waals surface area contributed by atoms with E-state index in [-0.39, 0.29) is 37.0 Å². The fourth-order valence-corrected chi connectivity index (χ4v) is 7.10. The Labute approximate surface area is 289 Å². The molecule has 1 aliphatic heterocycles. The van der Waals surface area contributed by atoms with Crippen LogP contribution >= 0.6 is 11.6 Å². The molecule has 1 saturated heterocycles. The monoisotopic (exact) mass is 706 g/mol. The number of unbranched alkanes of at least 4 members (excludes halogenated alkanes) is 7. The van der Waals surface area contributed by atoms with E-state index in [1.54, 1.807) is 4.52 Å². The molecule has 3 aromatic rings. The van der Waals surface area contributed by atoms with E-state index >= 15 is 0 Å². The van der Waals surface area contributed by atoms with E-state index in [2.05, 4.69) is 27.5 Å². The van der Waals surface area contributed by atoms with Crippen LogP contribution in [0.25, 0.3) is 5.65 Å². The van der Waals surface area contributed by atoms with E-state index in [4.69, 9.17) is 21.1 Å². The highest BCUT2D eigenvalue weighted by atomic mass is 35.5. The molecule has 12 nitrogen and oxygen atoms in total. The molecule has 1 fully saturated rings. The highest BCUT2D eigenvalue weighted by molar-refractivity contribution is 7.91. The zero-order valence-electron chi connectivity index (χ0n) is 28.7. The van der Waals surface area contributed by atoms with Crippen molar-refractivity contribution in [1.29, 1.82) is 0 Å². The normalized spacial score (nSPS) is 15.4. The molecule has 1 amide bonds. The van der Waals surface area contributed by atoms with Crippen LogP contribution in [-0.2, 0) is 29.6 Å². The SMILES string of the molecule is CCCCCCCCCCC(Oc1ccc(N2CCS(=O)(=O)CC2)cc1)C(=O)NCCC(=O)OCC(C)(C)c1nnc2c(Cl)c(C)[nH]n12. The Bertz CT molecular complexity index is 1590. The molecule has 1 aromatic carbocycles.